The Morgan fingerprint density at radius 3 is 2.21 bits per heavy atom. The van der Waals surface area contributed by atoms with Crippen molar-refractivity contribution in [1.82, 2.24) is 0 Å². The van der Waals surface area contributed by atoms with Crippen LogP contribution < -0.4 is 24.8 Å². The molecule has 0 radical (unpaired) electrons. The summed E-state index contributed by atoms with van der Waals surface area (Å²) in [5.41, 5.74) is 7.58. The Morgan fingerprint density at radius 1 is 1.04 bits per heavy atom. The Morgan fingerprint density at radius 2 is 1.67 bits per heavy atom. The summed E-state index contributed by atoms with van der Waals surface area (Å²) in [7, 11) is 0. The van der Waals surface area contributed by atoms with E-state index in [9.17, 15) is 0 Å². The van der Waals surface area contributed by atoms with Gasteiger partial charge < -0.3 is 24.8 Å². The van der Waals surface area contributed by atoms with Gasteiger partial charge in [0.15, 0.2) is 0 Å². The van der Waals surface area contributed by atoms with Crippen LogP contribution in [-0.4, -0.2) is 5.43 Å². The van der Waals surface area contributed by atoms with Gasteiger partial charge >= 0.3 is 144 Å². The molecule has 2 aliphatic carbocycles. The van der Waals surface area contributed by atoms with Crippen LogP contribution in [0.25, 0.3) is 6.08 Å². The maximum absolute atomic E-state index is 2.64. The topological polar surface area (TPSA) is 0 Å². The summed E-state index contributed by atoms with van der Waals surface area (Å²) < 4.78 is 1.16. The monoisotopic (exact) mass is 454 g/mol. The van der Waals surface area contributed by atoms with E-state index in [4.69, 9.17) is 0 Å². The third kappa shape index (κ3) is 3.50. The summed E-state index contributed by atoms with van der Waals surface area (Å²) in [5.74, 6) is 0. The number of hydrogen-bond acceptors (Lipinski definition) is 0. The van der Waals surface area contributed by atoms with Gasteiger partial charge in [0.2, 0.25) is 0 Å². The van der Waals surface area contributed by atoms with Crippen molar-refractivity contribution < 1.29 is 45.2 Å². The van der Waals surface area contributed by atoms with E-state index in [-0.39, 0.29) is 30.2 Å². The number of halogens is 2. The van der Waals surface area contributed by atoms with Crippen molar-refractivity contribution in [2.24, 2.45) is 0 Å². The maximum Gasteiger partial charge on any atom is -1.00 e. The minimum Gasteiger partial charge on any atom is -1.00 e. The van der Waals surface area contributed by atoms with Gasteiger partial charge in [-0.3, -0.25) is 0 Å². The van der Waals surface area contributed by atoms with Gasteiger partial charge in [-0.1, -0.05) is 0 Å². The average Bonchev–Trinajstić information content (AvgIpc) is 2.96. The third-order valence-electron chi connectivity index (χ3n) is 5.65. The van der Waals surface area contributed by atoms with E-state index in [0.29, 0.717) is 3.12 Å². The van der Waals surface area contributed by atoms with Crippen molar-refractivity contribution in [2.75, 3.05) is 0 Å². The molecule has 1 aromatic carbocycles. The van der Waals surface area contributed by atoms with Gasteiger partial charge in [-0.05, 0) is 0 Å². The predicted octanol–water partition coefficient (Wildman–Crippen LogP) is 0.107. The summed E-state index contributed by atoms with van der Waals surface area (Å²) in [4.78, 5) is 0. The van der Waals surface area contributed by atoms with Gasteiger partial charge in [0.25, 0.3) is 0 Å². The molecule has 1 aromatic rings. The molecular formula is C20H26Cl2SiZr. The van der Waals surface area contributed by atoms with E-state index in [2.05, 4.69) is 83.3 Å². The summed E-state index contributed by atoms with van der Waals surface area (Å²) >= 11 is -1.73. The normalized spacial score (nSPS) is 23.7. The van der Waals surface area contributed by atoms with Crippen LogP contribution in [0.4, 0.5) is 0 Å². The number of allylic oxidation sites excluding steroid dienone is 5. The Labute approximate surface area is 167 Å². The van der Waals surface area contributed by atoms with E-state index in [1.165, 1.54) is 11.1 Å². The molecule has 0 bridgehead atoms. The van der Waals surface area contributed by atoms with E-state index >= 15 is 0 Å². The molecule has 3 rings (SSSR count). The zero-order valence-corrected chi connectivity index (χ0v) is 20.3. The van der Waals surface area contributed by atoms with Gasteiger partial charge in [0.1, 0.15) is 0 Å². The number of fused-ring (bicyclic) bond motifs is 1. The molecular weight excluding hydrogens is 430 g/mol. The standard InChI is InChI=1S/C9H7.C9H13.C2H6Si.2ClH.Zr/c1-2-5-9-7-3-6-8(9)4-1;1-6-5-7(2)9(4)8(6)3;1-3-2;;;/h1-7H;5H,1-4H3;1-2H3;2*1H;/q;;;;;+2/p-2. The van der Waals surface area contributed by atoms with Crippen LogP contribution in [0.5, 0.6) is 0 Å². The summed E-state index contributed by atoms with van der Waals surface area (Å²) in [6.45, 7) is 14.7. The first kappa shape index (κ1) is 22.2. The minimum atomic E-state index is -1.73. The van der Waals surface area contributed by atoms with Crippen molar-refractivity contribution in [3.05, 3.63) is 64.3 Å². The van der Waals surface area contributed by atoms with Crippen LogP contribution in [0.3, 0.4) is 0 Å². The molecule has 0 spiro atoms. The molecule has 2 atom stereocenters. The van der Waals surface area contributed by atoms with Crippen molar-refractivity contribution in [3.63, 3.8) is 0 Å². The van der Waals surface area contributed by atoms with E-state index in [0.717, 1.165) is 3.63 Å². The molecule has 4 heteroatoms. The van der Waals surface area contributed by atoms with Crippen LogP contribution in [0.1, 0.15) is 42.4 Å². The molecule has 0 aliphatic heterocycles. The van der Waals surface area contributed by atoms with Crippen LogP contribution in [-0.2, 0) is 20.4 Å². The van der Waals surface area contributed by atoms with E-state index in [1.54, 1.807) is 16.7 Å². The number of hydrogen-bond donors (Lipinski definition) is 0. The van der Waals surface area contributed by atoms with E-state index in [1.807, 2.05) is 0 Å². The Bertz CT molecular complexity index is 770. The van der Waals surface area contributed by atoms with Crippen LogP contribution >= 0.6 is 0 Å². The zero-order chi connectivity index (χ0) is 16.1. The van der Waals surface area contributed by atoms with Crippen molar-refractivity contribution in [3.8, 4) is 0 Å². The van der Waals surface area contributed by atoms with Crippen LogP contribution in [0.15, 0.2) is 53.1 Å². The van der Waals surface area contributed by atoms with Gasteiger partial charge in [-0.2, -0.15) is 0 Å². The van der Waals surface area contributed by atoms with E-state index < -0.39 is 20.4 Å². The fourth-order valence-corrected chi connectivity index (χ4v) is 27.3. The second kappa shape index (κ2) is 8.21. The first-order valence-corrected chi connectivity index (χ1v) is 17.0. The van der Waals surface area contributed by atoms with Crippen molar-refractivity contribution in [1.29, 1.82) is 0 Å². The largest absolute Gasteiger partial charge is 1.00 e. The quantitative estimate of drug-likeness (QED) is 0.554. The van der Waals surface area contributed by atoms with Gasteiger partial charge in [-0.25, -0.2) is 0 Å². The predicted molar refractivity (Wildman–Crippen MR) is 96.2 cm³/mol. The Hall–Kier alpha value is 0.120. The fourth-order valence-electron chi connectivity index (χ4n) is 4.27. The molecule has 128 valence electrons. The smallest absolute Gasteiger partial charge is 1.00 e. The molecule has 0 fully saturated rings. The average molecular weight is 457 g/mol. The maximum atomic E-state index is 2.64. The SMILES string of the molecule is CC1=C[C](C)([Zr+2]([CH]2C=Cc3ccccc32)=[Si](C)C)C(C)=C1C.[Cl-].[Cl-]. The first-order chi connectivity index (χ1) is 10.4. The molecule has 0 amide bonds. The van der Waals surface area contributed by atoms with Crippen LogP contribution in [0.2, 0.25) is 16.2 Å². The third-order valence-corrected chi connectivity index (χ3v) is 26.4. The van der Waals surface area contributed by atoms with Crippen LogP contribution in [0, 0.1) is 0 Å². The number of benzene rings is 1. The van der Waals surface area contributed by atoms with Gasteiger partial charge in [-0.15, -0.1) is 0 Å². The van der Waals surface area contributed by atoms with Gasteiger partial charge in [0, 0.05) is 0 Å². The first-order valence-electron chi connectivity index (χ1n) is 8.19. The fraction of sp³-hybridized carbons (Fsp3) is 0.400. The Kier molecular flexibility index (Phi) is 7.58. The molecule has 0 saturated carbocycles. The molecule has 0 aromatic heterocycles. The zero-order valence-electron chi connectivity index (χ0n) is 15.4. The van der Waals surface area contributed by atoms with Gasteiger partial charge in [0.05, 0.1) is 0 Å². The second-order valence-corrected chi connectivity index (χ2v) is 25.8. The summed E-state index contributed by atoms with van der Waals surface area (Å²) in [6, 6.07) is 9.07. The molecule has 0 N–H and O–H groups in total. The molecule has 24 heavy (non-hydrogen) atoms. The Balaban J connectivity index is 0.00000144. The molecule has 0 nitrogen and oxygen atoms in total. The molecule has 2 unspecified atom stereocenters. The molecule has 0 heterocycles. The number of rotatable bonds is 2. The summed E-state index contributed by atoms with van der Waals surface area (Å²) in [6.07, 6.45) is 7.57. The second-order valence-electron chi connectivity index (χ2n) is 7.16. The minimum absolute atomic E-state index is 0. The molecule has 0 saturated heterocycles. The van der Waals surface area contributed by atoms with Crippen molar-refractivity contribution >= 4 is 11.5 Å². The van der Waals surface area contributed by atoms with Crippen molar-refractivity contribution in [2.45, 2.75) is 47.5 Å². The summed E-state index contributed by atoms with van der Waals surface area (Å²) in [5, 5.41) is 0. The molecule has 2 aliphatic rings.